The van der Waals surface area contributed by atoms with Gasteiger partial charge in [0.1, 0.15) is 27.1 Å². The molecule has 0 spiro atoms. The van der Waals surface area contributed by atoms with E-state index in [-0.39, 0.29) is 28.6 Å². The molecule has 0 radical (unpaired) electrons. The number of oxazole rings is 1. The smallest absolute Gasteiger partial charge is 0.360 e. The van der Waals surface area contributed by atoms with Gasteiger partial charge in [-0.05, 0) is 25.1 Å². The van der Waals surface area contributed by atoms with Gasteiger partial charge in [-0.1, -0.05) is 26.8 Å². The third-order valence-electron chi connectivity index (χ3n) is 4.83. The molecule has 2 N–H and O–H groups in total. The summed E-state index contributed by atoms with van der Waals surface area (Å²) in [6.07, 6.45) is 2.64. The van der Waals surface area contributed by atoms with Crippen molar-refractivity contribution in [1.29, 1.82) is 5.26 Å². The maximum absolute atomic E-state index is 13.0. The van der Waals surface area contributed by atoms with Crippen LogP contribution in [0.4, 0.5) is 11.4 Å². The number of esters is 1. The highest BCUT2D eigenvalue weighted by molar-refractivity contribution is 7.07. The lowest BCUT2D eigenvalue weighted by atomic mass is 9.95. The van der Waals surface area contributed by atoms with Crippen LogP contribution in [0.2, 0.25) is 0 Å². The van der Waals surface area contributed by atoms with E-state index in [1.807, 2.05) is 26.8 Å². The normalized spacial score (nSPS) is 12.6. The zero-order valence-corrected chi connectivity index (χ0v) is 20.8. The van der Waals surface area contributed by atoms with Gasteiger partial charge in [-0.2, -0.15) is 5.26 Å². The average Bonchev–Trinajstić information content (AvgIpc) is 3.42. The van der Waals surface area contributed by atoms with E-state index in [4.69, 9.17) is 4.42 Å². The third-order valence-corrected chi connectivity index (χ3v) is 5.96. The number of nitriles is 1. The molecule has 0 unspecified atom stereocenters. The first-order chi connectivity index (χ1) is 16.6. The molecule has 0 bridgehead atoms. The lowest BCUT2D eigenvalue weighted by Crippen LogP contribution is -2.32. The fraction of sp³-hybridized carbons (Fsp3) is 0.292. The van der Waals surface area contributed by atoms with Gasteiger partial charge in [-0.3, -0.25) is 14.2 Å². The van der Waals surface area contributed by atoms with E-state index >= 15 is 0 Å². The van der Waals surface area contributed by atoms with Crippen LogP contribution in [0.3, 0.4) is 0 Å². The average molecular weight is 496 g/mol. The van der Waals surface area contributed by atoms with Gasteiger partial charge in [0.25, 0.3) is 5.56 Å². The fourth-order valence-electron chi connectivity index (χ4n) is 2.92. The Bertz CT molecular complexity index is 1480. The number of carbonyl (C=O) groups is 2. The summed E-state index contributed by atoms with van der Waals surface area (Å²) in [4.78, 5) is 40.9. The maximum atomic E-state index is 13.0. The highest BCUT2D eigenvalue weighted by atomic mass is 32.1. The zero-order chi connectivity index (χ0) is 25.8. The summed E-state index contributed by atoms with van der Waals surface area (Å²) in [5, 5.41) is 15.7. The molecule has 0 aliphatic rings. The number of nitrogens with zero attached hydrogens (tertiary/aromatic N) is 3. The highest BCUT2D eigenvalue weighted by Crippen LogP contribution is 2.20. The van der Waals surface area contributed by atoms with Gasteiger partial charge < -0.3 is 19.8 Å². The van der Waals surface area contributed by atoms with Crippen molar-refractivity contribution in [2.75, 3.05) is 17.7 Å². The predicted octanol–water partition coefficient (Wildman–Crippen LogP) is 2.26. The summed E-state index contributed by atoms with van der Waals surface area (Å²) >= 11 is 1.09. The van der Waals surface area contributed by atoms with Gasteiger partial charge in [0.2, 0.25) is 11.8 Å². The molecule has 0 aliphatic heterocycles. The summed E-state index contributed by atoms with van der Waals surface area (Å²) in [5.41, 5.74) is 0.383. The van der Waals surface area contributed by atoms with Gasteiger partial charge in [0.05, 0.1) is 7.11 Å². The van der Waals surface area contributed by atoms with Crippen LogP contribution in [0.15, 0.2) is 39.7 Å². The Balaban J connectivity index is 2.00. The quantitative estimate of drug-likeness (QED) is 0.497. The molecule has 35 heavy (non-hydrogen) atoms. The number of thiazole rings is 1. The summed E-state index contributed by atoms with van der Waals surface area (Å²) in [7, 11) is 1.21. The number of benzene rings is 1. The van der Waals surface area contributed by atoms with Crippen LogP contribution in [-0.4, -0.2) is 28.5 Å². The fourth-order valence-corrected chi connectivity index (χ4v) is 4.00. The highest BCUT2D eigenvalue weighted by Gasteiger charge is 2.21. The first-order valence-corrected chi connectivity index (χ1v) is 11.5. The van der Waals surface area contributed by atoms with Crippen molar-refractivity contribution in [2.45, 2.75) is 34.2 Å². The van der Waals surface area contributed by atoms with E-state index in [1.54, 1.807) is 31.2 Å². The number of nitrogens with one attached hydrogen (secondary N) is 2. The minimum Gasteiger partial charge on any atom is -0.464 e. The molecule has 3 rings (SSSR count). The third kappa shape index (κ3) is 5.67. The van der Waals surface area contributed by atoms with Crippen molar-refractivity contribution in [3.8, 4) is 6.07 Å². The number of rotatable bonds is 6. The van der Waals surface area contributed by atoms with Gasteiger partial charge in [0, 0.05) is 29.5 Å². The molecule has 2 heterocycles. The van der Waals surface area contributed by atoms with E-state index in [9.17, 15) is 19.6 Å². The second kappa shape index (κ2) is 10.4. The maximum Gasteiger partial charge on any atom is 0.360 e. The van der Waals surface area contributed by atoms with Gasteiger partial charge in [-0.25, -0.2) is 9.78 Å². The van der Waals surface area contributed by atoms with Gasteiger partial charge in [-0.15, -0.1) is 11.3 Å². The van der Waals surface area contributed by atoms with Crippen molar-refractivity contribution < 1.29 is 18.7 Å². The van der Waals surface area contributed by atoms with Crippen LogP contribution in [0.1, 0.15) is 44.1 Å². The standard InChI is InChI=1S/C24H25N5O5S/c1-6-29-20(30)18(12-26-14-8-7-9-15(10-14)27-23(32)24(2,3)4)35-21(29)16(11-25)19-28-17(13-34-19)22(31)33-5/h7-10,12-13,26H,6H2,1-5H3,(H,27,32)/b18-12+,21-16-. The second-order valence-electron chi connectivity index (χ2n) is 8.41. The Kier molecular flexibility index (Phi) is 7.56. The Labute approximate surface area is 205 Å². The van der Waals surface area contributed by atoms with Crippen LogP contribution >= 0.6 is 11.3 Å². The molecule has 10 nitrogen and oxygen atoms in total. The number of carbonyl (C=O) groups excluding carboxylic acids is 2. The lowest BCUT2D eigenvalue weighted by Gasteiger charge is -2.18. The number of hydrogen-bond donors (Lipinski definition) is 2. The van der Waals surface area contributed by atoms with E-state index in [1.165, 1.54) is 17.9 Å². The topological polar surface area (TPSA) is 139 Å². The summed E-state index contributed by atoms with van der Waals surface area (Å²) < 4.78 is 12.0. The number of ether oxygens (including phenoxy) is 1. The molecule has 3 aromatic rings. The van der Waals surface area contributed by atoms with Crippen LogP contribution in [0.5, 0.6) is 0 Å². The Hall–Kier alpha value is -4.17. The van der Waals surface area contributed by atoms with E-state index in [0.29, 0.717) is 27.1 Å². The molecule has 0 atom stereocenters. The molecule has 11 heteroatoms. The number of methoxy groups -OCH3 is 1. The first kappa shape index (κ1) is 25.5. The molecule has 0 fully saturated rings. The van der Waals surface area contributed by atoms with Gasteiger partial charge >= 0.3 is 5.97 Å². The van der Waals surface area contributed by atoms with Crippen LogP contribution in [0.25, 0.3) is 11.8 Å². The van der Waals surface area contributed by atoms with Crippen LogP contribution in [0, 0.1) is 16.7 Å². The van der Waals surface area contributed by atoms with Crippen LogP contribution < -0.4 is 25.4 Å². The summed E-state index contributed by atoms with van der Waals surface area (Å²) in [6.45, 7) is 7.56. The predicted molar refractivity (Wildman–Crippen MR) is 132 cm³/mol. The van der Waals surface area contributed by atoms with Crippen LogP contribution in [-0.2, 0) is 16.1 Å². The van der Waals surface area contributed by atoms with Crippen molar-refractivity contribution >= 4 is 46.4 Å². The molecular weight excluding hydrogens is 470 g/mol. The minimum absolute atomic E-state index is 0.0237. The monoisotopic (exact) mass is 495 g/mol. The molecule has 2 aromatic heterocycles. The number of hydrogen-bond acceptors (Lipinski definition) is 9. The molecule has 0 saturated carbocycles. The van der Waals surface area contributed by atoms with Crippen molar-refractivity contribution in [2.24, 2.45) is 5.41 Å². The summed E-state index contributed by atoms with van der Waals surface area (Å²) in [6, 6.07) is 9.12. The van der Waals surface area contributed by atoms with E-state index in [0.717, 1.165) is 17.6 Å². The first-order valence-electron chi connectivity index (χ1n) is 10.7. The second-order valence-corrected chi connectivity index (χ2v) is 9.44. The van der Waals surface area contributed by atoms with Crippen molar-refractivity contribution in [1.82, 2.24) is 9.55 Å². The Morgan fingerprint density at radius 1 is 1.31 bits per heavy atom. The van der Waals surface area contributed by atoms with Crippen molar-refractivity contribution in [3.05, 3.63) is 61.7 Å². The minimum atomic E-state index is -0.699. The molecular formula is C24H25N5O5S. The lowest BCUT2D eigenvalue weighted by molar-refractivity contribution is -0.123. The molecule has 1 aromatic carbocycles. The number of amides is 1. The van der Waals surface area contributed by atoms with E-state index < -0.39 is 11.4 Å². The molecule has 0 saturated heterocycles. The molecule has 0 aliphatic carbocycles. The molecule has 182 valence electrons. The van der Waals surface area contributed by atoms with Crippen molar-refractivity contribution in [3.63, 3.8) is 0 Å². The molecule has 1 amide bonds. The Morgan fingerprint density at radius 3 is 2.66 bits per heavy atom. The largest absolute Gasteiger partial charge is 0.464 e. The Morgan fingerprint density at radius 2 is 2.03 bits per heavy atom. The number of aromatic nitrogens is 2. The number of anilines is 2. The van der Waals surface area contributed by atoms with Gasteiger partial charge in [0.15, 0.2) is 5.69 Å². The zero-order valence-electron chi connectivity index (χ0n) is 20.0. The SMILES string of the molecule is CCn1c(=O)/c(=C\Nc2cccc(NC(=O)C(C)(C)C)c2)s/c1=C(/C#N)c1nc(C(=O)OC)co1. The summed E-state index contributed by atoms with van der Waals surface area (Å²) in [5.74, 6) is -0.900. The van der Waals surface area contributed by atoms with E-state index in [2.05, 4.69) is 20.4 Å².